The molecule has 9 heteroatoms. The topological polar surface area (TPSA) is 101 Å². The van der Waals surface area contributed by atoms with Gasteiger partial charge in [-0.25, -0.2) is 19.6 Å². The van der Waals surface area contributed by atoms with Crippen molar-refractivity contribution in [2.24, 2.45) is 5.84 Å². The molecule has 0 aliphatic carbocycles. The van der Waals surface area contributed by atoms with Crippen LogP contribution in [0.3, 0.4) is 0 Å². The standard InChI is InChI=1S/C10H15F2N5O2/c1-19-3-2-14-8(18)5-15-9-6(11)4-7(12)10(16-9)17-13/h4H,2-3,5,13H2,1H3,(H,14,18)(H2,15,16,17). The predicted molar refractivity (Wildman–Crippen MR) is 65.3 cm³/mol. The van der Waals surface area contributed by atoms with Gasteiger partial charge in [0.1, 0.15) is 0 Å². The Morgan fingerprint density at radius 3 is 2.74 bits per heavy atom. The van der Waals surface area contributed by atoms with Crippen LogP contribution in [0.4, 0.5) is 20.4 Å². The summed E-state index contributed by atoms with van der Waals surface area (Å²) in [6.45, 7) is 0.505. The van der Waals surface area contributed by atoms with E-state index < -0.39 is 11.6 Å². The summed E-state index contributed by atoms with van der Waals surface area (Å²) < 4.78 is 31.2. The van der Waals surface area contributed by atoms with E-state index in [1.807, 2.05) is 5.43 Å². The number of carbonyl (C=O) groups is 1. The van der Waals surface area contributed by atoms with E-state index in [1.165, 1.54) is 7.11 Å². The van der Waals surface area contributed by atoms with E-state index in [2.05, 4.69) is 15.6 Å². The molecule has 0 unspecified atom stereocenters. The van der Waals surface area contributed by atoms with Gasteiger partial charge in [-0.05, 0) is 0 Å². The Morgan fingerprint density at radius 2 is 2.11 bits per heavy atom. The van der Waals surface area contributed by atoms with Gasteiger partial charge in [0.15, 0.2) is 23.3 Å². The minimum Gasteiger partial charge on any atom is -0.383 e. The van der Waals surface area contributed by atoms with Gasteiger partial charge < -0.3 is 20.8 Å². The molecule has 0 radical (unpaired) electrons. The smallest absolute Gasteiger partial charge is 0.239 e. The number of hydrogen-bond donors (Lipinski definition) is 4. The number of nitrogens with zero attached hydrogens (tertiary/aromatic N) is 1. The number of nitrogens with one attached hydrogen (secondary N) is 3. The molecule has 0 fully saturated rings. The highest BCUT2D eigenvalue weighted by atomic mass is 19.1. The molecule has 1 amide bonds. The van der Waals surface area contributed by atoms with Crippen LogP contribution in [0.2, 0.25) is 0 Å². The first-order valence-corrected chi connectivity index (χ1v) is 5.40. The van der Waals surface area contributed by atoms with E-state index in [1.54, 1.807) is 0 Å². The number of nitrogens with two attached hydrogens (primary N) is 1. The predicted octanol–water partition coefficient (Wildman–Crippen LogP) is -0.180. The molecule has 0 spiro atoms. The van der Waals surface area contributed by atoms with Crippen LogP contribution in [0, 0.1) is 11.6 Å². The third-order valence-electron chi connectivity index (χ3n) is 2.11. The van der Waals surface area contributed by atoms with Gasteiger partial charge in [0.05, 0.1) is 13.2 Å². The van der Waals surface area contributed by atoms with E-state index in [4.69, 9.17) is 10.6 Å². The van der Waals surface area contributed by atoms with E-state index in [0.717, 1.165) is 0 Å². The zero-order valence-electron chi connectivity index (χ0n) is 10.3. The lowest BCUT2D eigenvalue weighted by molar-refractivity contribution is -0.119. The third-order valence-corrected chi connectivity index (χ3v) is 2.11. The summed E-state index contributed by atoms with van der Waals surface area (Å²) in [5, 5.41) is 4.96. The highest BCUT2D eigenvalue weighted by Gasteiger charge is 2.11. The number of anilines is 2. The second kappa shape index (κ2) is 7.44. The summed E-state index contributed by atoms with van der Waals surface area (Å²) in [6, 6.07) is 0.618. The summed E-state index contributed by atoms with van der Waals surface area (Å²) in [6.07, 6.45) is 0. The summed E-state index contributed by atoms with van der Waals surface area (Å²) in [5.41, 5.74) is 1.98. The number of methoxy groups -OCH3 is 1. The lowest BCUT2D eigenvalue weighted by Crippen LogP contribution is -2.32. The quantitative estimate of drug-likeness (QED) is 0.313. The number of nitrogen functional groups attached to an aromatic ring is 1. The number of carbonyl (C=O) groups excluding carboxylic acids is 1. The molecular weight excluding hydrogens is 260 g/mol. The van der Waals surface area contributed by atoms with Crippen LogP contribution in [0.5, 0.6) is 0 Å². The number of hydrogen-bond acceptors (Lipinski definition) is 6. The zero-order chi connectivity index (χ0) is 14.3. The van der Waals surface area contributed by atoms with Crippen LogP contribution in [-0.4, -0.2) is 37.7 Å². The summed E-state index contributed by atoms with van der Waals surface area (Å²) in [7, 11) is 1.50. The normalized spacial score (nSPS) is 10.1. The Bertz CT molecular complexity index is 444. The van der Waals surface area contributed by atoms with Crippen molar-refractivity contribution in [3.8, 4) is 0 Å². The molecule has 106 valence electrons. The van der Waals surface area contributed by atoms with Gasteiger partial charge in [0.25, 0.3) is 0 Å². The molecule has 1 aromatic rings. The molecule has 0 saturated heterocycles. The molecule has 0 atom stereocenters. The average Bonchev–Trinajstić information content (AvgIpc) is 2.38. The van der Waals surface area contributed by atoms with Crippen LogP contribution in [0.15, 0.2) is 6.07 Å². The molecule has 1 aromatic heterocycles. The molecule has 1 heterocycles. The van der Waals surface area contributed by atoms with Gasteiger partial charge >= 0.3 is 0 Å². The molecule has 5 N–H and O–H groups in total. The molecule has 0 bridgehead atoms. The first-order valence-electron chi connectivity index (χ1n) is 5.40. The van der Waals surface area contributed by atoms with Gasteiger partial charge in [-0.3, -0.25) is 4.79 Å². The van der Waals surface area contributed by atoms with Crippen LogP contribution in [0.25, 0.3) is 0 Å². The Morgan fingerprint density at radius 1 is 1.42 bits per heavy atom. The van der Waals surface area contributed by atoms with Crippen LogP contribution in [-0.2, 0) is 9.53 Å². The summed E-state index contributed by atoms with van der Waals surface area (Å²) in [4.78, 5) is 14.9. The third kappa shape index (κ3) is 4.64. The lowest BCUT2D eigenvalue weighted by Gasteiger charge is -2.09. The van der Waals surface area contributed by atoms with Crippen molar-refractivity contribution in [3.63, 3.8) is 0 Å². The Labute approximate surface area is 108 Å². The van der Waals surface area contributed by atoms with Crippen molar-refractivity contribution in [1.29, 1.82) is 0 Å². The summed E-state index contributed by atoms with van der Waals surface area (Å²) in [5.74, 6) is 2.22. The minimum absolute atomic E-state index is 0.205. The van der Waals surface area contributed by atoms with E-state index in [-0.39, 0.29) is 24.1 Å². The molecule has 0 aromatic carbocycles. The maximum atomic E-state index is 13.3. The Balaban J connectivity index is 2.55. The number of halogens is 2. The van der Waals surface area contributed by atoms with E-state index >= 15 is 0 Å². The van der Waals surface area contributed by atoms with Gasteiger partial charge in [-0.15, -0.1) is 0 Å². The average molecular weight is 275 g/mol. The molecule has 1 rings (SSSR count). The molecular formula is C10H15F2N5O2. The molecule has 0 aliphatic heterocycles. The highest BCUT2D eigenvalue weighted by Crippen LogP contribution is 2.17. The van der Waals surface area contributed by atoms with Crippen LogP contribution >= 0.6 is 0 Å². The molecule has 0 aliphatic rings. The second-order valence-electron chi connectivity index (χ2n) is 3.49. The van der Waals surface area contributed by atoms with Crippen molar-refractivity contribution in [1.82, 2.24) is 10.3 Å². The Hall–Kier alpha value is -2.00. The molecule has 7 nitrogen and oxygen atoms in total. The van der Waals surface area contributed by atoms with Gasteiger partial charge in [0.2, 0.25) is 5.91 Å². The number of hydrazine groups is 1. The summed E-state index contributed by atoms with van der Waals surface area (Å²) >= 11 is 0. The lowest BCUT2D eigenvalue weighted by atomic mass is 10.4. The SMILES string of the molecule is COCCNC(=O)CNc1nc(NN)c(F)cc1F. The number of rotatable bonds is 7. The number of aromatic nitrogens is 1. The van der Waals surface area contributed by atoms with Crippen molar-refractivity contribution < 1.29 is 18.3 Å². The number of pyridine rings is 1. The first kappa shape index (κ1) is 15.1. The first-order chi connectivity index (χ1) is 9.08. The largest absolute Gasteiger partial charge is 0.383 e. The molecule has 0 saturated carbocycles. The van der Waals surface area contributed by atoms with Crippen LogP contribution < -0.4 is 21.9 Å². The van der Waals surface area contributed by atoms with E-state index in [9.17, 15) is 13.6 Å². The van der Waals surface area contributed by atoms with Crippen molar-refractivity contribution in [3.05, 3.63) is 17.7 Å². The number of amides is 1. The van der Waals surface area contributed by atoms with Gasteiger partial charge in [-0.2, -0.15) is 0 Å². The van der Waals surface area contributed by atoms with Crippen LogP contribution in [0.1, 0.15) is 0 Å². The fourth-order valence-electron chi connectivity index (χ4n) is 1.21. The van der Waals surface area contributed by atoms with E-state index in [0.29, 0.717) is 19.2 Å². The maximum Gasteiger partial charge on any atom is 0.239 e. The minimum atomic E-state index is -0.921. The maximum absolute atomic E-state index is 13.3. The monoisotopic (exact) mass is 275 g/mol. The van der Waals surface area contributed by atoms with Gasteiger partial charge in [-0.1, -0.05) is 0 Å². The number of ether oxygens (including phenoxy) is 1. The Kier molecular flexibility index (Phi) is 5.90. The van der Waals surface area contributed by atoms with Crippen molar-refractivity contribution >= 4 is 17.5 Å². The zero-order valence-corrected chi connectivity index (χ0v) is 10.3. The fourth-order valence-corrected chi connectivity index (χ4v) is 1.21. The molecule has 19 heavy (non-hydrogen) atoms. The highest BCUT2D eigenvalue weighted by molar-refractivity contribution is 5.80. The van der Waals surface area contributed by atoms with Gasteiger partial charge in [0, 0.05) is 19.7 Å². The van der Waals surface area contributed by atoms with Crippen molar-refractivity contribution in [2.75, 3.05) is 37.5 Å². The fraction of sp³-hybridized carbons (Fsp3) is 0.400. The van der Waals surface area contributed by atoms with Crippen molar-refractivity contribution in [2.45, 2.75) is 0 Å². The second-order valence-corrected chi connectivity index (χ2v) is 3.49.